The normalized spacial score (nSPS) is 21.3. The number of anilines is 2. The third-order valence-electron chi connectivity index (χ3n) is 10.1. The van der Waals surface area contributed by atoms with E-state index in [1.807, 2.05) is 40.1 Å². The fraction of sp³-hybridized carbons (Fsp3) is 0.316. The van der Waals surface area contributed by atoms with Crippen molar-refractivity contribution in [2.45, 2.75) is 49.7 Å². The van der Waals surface area contributed by atoms with Gasteiger partial charge in [0.1, 0.15) is 15.5 Å². The third kappa shape index (κ3) is 7.48. The zero-order valence-corrected chi connectivity index (χ0v) is 35.0. The Morgan fingerprint density at radius 2 is 1.25 bits per heavy atom. The molecule has 2 N–H and O–H groups in total. The summed E-state index contributed by atoms with van der Waals surface area (Å²) >= 11 is 3.13. The van der Waals surface area contributed by atoms with Gasteiger partial charge in [-0.3, -0.25) is 9.59 Å². The Bertz CT molecular complexity index is 2280. The summed E-state index contributed by atoms with van der Waals surface area (Å²) in [4.78, 5) is 32.8. The molecule has 8 rings (SSSR count). The van der Waals surface area contributed by atoms with Crippen LogP contribution >= 0.6 is 22.7 Å². The van der Waals surface area contributed by atoms with E-state index in [-0.39, 0.29) is 89.9 Å². The number of carbonyl (C=O) groups excluding carboxylic acids is 2. The molecule has 4 aliphatic heterocycles. The molecule has 4 aromatic rings. The van der Waals surface area contributed by atoms with Gasteiger partial charge in [0.15, 0.2) is 23.0 Å². The van der Waals surface area contributed by atoms with Crippen LogP contribution in [0.1, 0.15) is 56.7 Å². The fourth-order valence-corrected chi connectivity index (χ4v) is 9.81. The first-order chi connectivity index (χ1) is 26.0. The van der Waals surface area contributed by atoms with Crippen molar-refractivity contribution in [1.82, 2.24) is 9.80 Å². The van der Waals surface area contributed by atoms with Crippen LogP contribution in [-0.4, -0.2) is 85.5 Å². The summed E-state index contributed by atoms with van der Waals surface area (Å²) in [6.45, 7) is 2.47. The largest absolute Gasteiger partial charge is 1.00 e. The van der Waals surface area contributed by atoms with Crippen molar-refractivity contribution in [3.05, 3.63) is 92.6 Å². The second kappa shape index (κ2) is 15.8. The van der Waals surface area contributed by atoms with E-state index in [4.69, 9.17) is 18.9 Å². The summed E-state index contributed by atoms with van der Waals surface area (Å²) in [6, 6.07) is 13.3. The van der Waals surface area contributed by atoms with Crippen LogP contribution in [0.4, 0.5) is 11.4 Å². The first kappa shape index (κ1) is 39.2. The molecular formula is C38H37N4NaO9S3. The standard InChI is InChI=1S/C38H38N4O9S3.Na/c1-21-28-13-22(34-7-4-11-52-34)19-41(28)37(43)24-15-30(48-2)32(17-26(24)39-21)50-9-6-10-51-33-18-27-25(16-31(33)49-3)38(44)42-20-23(35-8-5-12-53-35)14-29(42)36(40-27)54(45,46)47;/h4-5,7-8,11-12,15-21,28-29,36,39-40H,6,9-10,13-14H2,1-3H3,(H,45,46,47);/q;+1/p-1/t21?,28-,29-,36?;/m0./s1. The first-order valence-electron chi connectivity index (χ1n) is 17.4. The number of rotatable bonds is 11. The van der Waals surface area contributed by atoms with Gasteiger partial charge >= 0.3 is 29.6 Å². The Kier molecular flexibility index (Phi) is 11.3. The van der Waals surface area contributed by atoms with E-state index in [9.17, 15) is 22.6 Å². The minimum absolute atomic E-state index is 0. The minimum atomic E-state index is -4.89. The molecule has 0 spiro atoms. The summed E-state index contributed by atoms with van der Waals surface area (Å²) in [6.07, 6.45) is 4.96. The van der Waals surface area contributed by atoms with Crippen LogP contribution in [0.2, 0.25) is 0 Å². The number of hydrogen-bond acceptors (Lipinski definition) is 13. The molecule has 0 saturated heterocycles. The van der Waals surface area contributed by atoms with Crippen LogP contribution in [0.25, 0.3) is 11.1 Å². The molecule has 2 unspecified atom stereocenters. The topological polar surface area (TPSA) is 159 Å². The number of amides is 2. The van der Waals surface area contributed by atoms with Crippen LogP contribution in [-0.2, 0) is 10.1 Å². The van der Waals surface area contributed by atoms with Gasteiger partial charge in [-0.15, -0.1) is 22.7 Å². The summed E-state index contributed by atoms with van der Waals surface area (Å²) in [7, 11) is -1.92. The molecule has 0 aliphatic carbocycles. The first-order valence-corrected chi connectivity index (χ1v) is 20.6. The summed E-state index contributed by atoms with van der Waals surface area (Å²) < 4.78 is 61.0. The van der Waals surface area contributed by atoms with E-state index in [0.29, 0.717) is 29.2 Å². The molecule has 0 fully saturated rings. The Labute approximate surface area is 348 Å². The molecule has 55 heavy (non-hydrogen) atoms. The van der Waals surface area contributed by atoms with Crippen LogP contribution in [0.15, 0.2) is 71.7 Å². The van der Waals surface area contributed by atoms with Crippen molar-refractivity contribution in [1.29, 1.82) is 0 Å². The Morgan fingerprint density at radius 1 is 0.764 bits per heavy atom. The van der Waals surface area contributed by atoms with Gasteiger partial charge in [0.2, 0.25) is 0 Å². The van der Waals surface area contributed by atoms with E-state index in [0.717, 1.165) is 27.3 Å². The molecule has 2 aromatic heterocycles. The number of methoxy groups -OCH3 is 2. The Balaban J connectivity index is 0.00000465. The quantitative estimate of drug-likeness (QED) is 0.130. The molecule has 0 bridgehead atoms. The van der Waals surface area contributed by atoms with Gasteiger partial charge < -0.3 is 43.9 Å². The van der Waals surface area contributed by atoms with Crippen molar-refractivity contribution < 1.29 is 71.1 Å². The van der Waals surface area contributed by atoms with Crippen LogP contribution in [0, 0.1) is 0 Å². The molecule has 2 aromatic carbocycles. The SMILES string of the molecule is COc1cc2c(cc1OCCCOc1cc3c(cc1OC)C(=O)N1C=C(c4cccs4)C[C@H]1C(S(=O)(=O)[O-])N3)NC(C)[C@@H]1CC(c3cccs3)=CN1C2=O.[Na+]. The predicted molar refractivity (Wildman–Crippen MR) is 206 cm³/mol. The van der Waals surface area contributed by atoms with E-state index < -0.39 is 27.4 Å². The van der Waals surface area contributed by atoms with Crippen molar-refractivity contribution in [3.8, 4) is 23.0 Å². The molecule has 4 atom stereocenters. The van der Waals surface area contributed by atoms with Gasteiger partial charge in [0.25, 0.3) is 11.8 Å². The van der Waals surface area contributed by atoms with Gasteiger partial charge in [-0.05, 0) is 65.9 Å². The maximum atomic E-state index is 13.8. The van der Waals surface area contributed by atoms with Crippen molar-refractivity contribution in [2.24, 2.45) is 0 Å². The van der Waals surface area contributed by atoms with Gasteiger partial charge in [0.05, 0.1) is 62.0 Å². The summed E-state index contributed by atoms with van der Waals surface area (Å²) in [5.74, 6) is 0.836. The number of ether oxygens (including phenoxy) is 4. The van der Waals surface area contributed by atoms with E-state index in [1.54, 1.807) is 29.7 Å². The second-order valence-corrected chi connectivity index (χ2v) is 16.8. The van der Waals surface area contributed by atoms with Gasteiger partial charge in [-0.25, -0.2) is 8.42 Å². The second-order valence-electron chi connectivity index (χ2n) is 13.4. The average Bonchev–Trinajstić information content (AvgIpc) is 3.98. The molecule has 282 valence electrons. The monoisotopic (exact) mass is 812 g/mol. The molecule has 6 heterocycles. The van der Waals surface area contributed by atoms with Gasteiger partial charge in [-0.1, -0.05) is 12.1 Å². The van der Waals surface area contributed by atoms with Gasteiger partial charge in [-0.2, -0.15) is 0 Å². The number of nitrogens with one attached hydrogen (secondary N) is 2. The Hall–Kier alpha value is -4.03. The summed E-state index contributed by atoms with van der Waals surface area (Å²) in [5, 5.41) is 8.71. The maximum Gasteiger partial charge on any atom is 1.00 e. The zero-order valence-electron chi connectivity index (χ0n) is 30.6. The molecule has 13 nitrogen and oxygen atoms in total. The molecule has 0 saturated carbocycles. The van der Waals surface area contributed by atoms with E-state index in [2.05, 4.69) is 23.6 Å². The number of carbonyl (C=O) groups is 2. The van der Waals surface area contributed by atoms with Crippen molar-refractivity contribution in [2.75, 3.05) is 38.1 Å². The number of hydrogen-bond donors (Lipinski definition) is 2. The van der Waals surface area contributed by atoms with Gasteiger partial charge in [0, 0.05) is 46.7 Å². The number of thiophene rings is 2. The zero-order chi connectivity index (χ0) is 37.7. The van der Waals surface area contributed by atoms with Crippen LogP contribution in [0.5, 0.6) is 23.0 Å². The minimum Gasteiger partial charge on any atom is -0.746 e. The molecule has 2 amide bonds. The maximum absolute atomic E-state index is 13.8. The average molecular weight is 813 g/mol. The fourth-order valence-electron chi connectivity index (χ4n) is 7.43. The van der Waals surface area contributed by atoms with E-state index in [1.165, 1.54) is 42.6 Å². The molecular weight excluding hydrogens is 776 g/mol. The molecule has 0 radical (unpaired) electrons. The summed E-state index contributed by atoms with van der Waals surface area (Å²) in [5.41, 5.74) is 3.38. The Morgan fingerprint density at radius 3 is 1.73 bits per heavy atom. The third-order valence-corrected chi connectivity index (χ3v) is 13.0. The predicted octanol–water partition coefficient (Wildman–Crippen LogP) is 3.30. The van der Waals surface area contributed by atoms with Crippen LogP contribution in [0.3, 0.4) is 0 Å². The van der Waals surface area contributed by atoms with Crippen LogP contribution < -0.4 is 59.1 Å². The van der Waals surface area contributed by atoms with Crippen molar-refractivity contribution in [3.63, 3.8) is 0 Å². The van der Waals surface area contributed by atoms with E-state index >= 15 is 0 Å². The van der Waals surface area contributed by atoms with Crippen molar-refractivity contribution >= 4 is 67.1 Å². The smallest absolute Gasteiger partial charge is 0.746 e. The number of fused-ring (bicyclic) bond motifs is 4. The number of benzene rings is 2. The molecule has 4 aliphatic rings. The molecule has 17 heteroatoms. The number of nitrogens with zero attached hydrogens (tertiary/aromatic N) is 2.